The summed E-state index contributed by atoms with van der Waals surface area (Å²) >= 11 is 0. The number of oxazole rings is 1. The van der Waals surface area contributed by atoms with Gasteiger partial charge in [0.05, 0.1) is 17.5 Å². The fourth-order valence-corrected chi connectivity index (χ4v) is 3.61. The van der Waals surface area contributed by atoms with E-state index >= 15 is 0 Å². The predicted molar refractivity (Wildman–Crippen MR) is 107 cm³/mol. The zero-order valence-electron chi connectivity index (χ0n) is 16.4. The largest absolute Gasteiger partial charge is 0.477 e. The maximum absolute atomic E-state index is 12.6. The van der Waals surface area contributed by atoms with E-state index in [1.54, 1.807) is 13.3 Å². The van der Waals surface area contributed by atoms with Crippen molar-refractivity contribution in [1.82, 2.24) is 19.9 Å². The number of anilines is 1. The van der Waals surface area contributed by atoms with Gasteiger partial charge in [-0.05, 0) is 37.0 Å². The first-order valence-corrected chi connectivity index (χ1v) is 10.0. The van der Waals surface area contributed by atoms with Crippen LogP contribution in [-0.2, 0) is 0 Å². The van der Waals surface area contributed by atoms with Crippen molar-refractivity contribution in [3.8, 4) is 5.88 Å². The lowest BCUT2D eigenvalue weighted by Crippen LogP contribution is -2.48. The molecule has 5 rings (SSSR count). The number of amides is 1. The van der Waals surface area contributed by atoms with Crippen LogP contribution in [0.25, 0.3) is 10.9 Å². The Morgan fingerprint density at radius 2 is 2.03 bits per heavy atom. The van der Waals surface area contributed by atoms with Crippen molar-refractivity contribution in [1.29, 1.82) is 0 Å². The van der Waals surface area contributed by atoms with E-state index in [-0.39, 0.29) is 5.91 Å². The van der Waals surface area contributed by atoms with Gasteiger partial charge >= 0.3 is 0 Å². The van der Waals surface area contributed by atoms with E-state index in [4.69, 9.17) is 9.15 Å². The molecule has 0 N–H and O–H groups in total. The number of carbonyl (C=O) groups excluding carboxylic acids is 1. The van der Waals surface area contributed by atoms with Gasteiger partial charge in [0, 0.05) is 38.8 Å². The SMILES string of the molecule is Cc1nc(C(=O)N2CCN(c3ccc4ncnc(OCC5CC5)c4c3)CC2)co1. The molecule has 29 heavy (non-hydrogen) atoms. The highest BCUT2D eigenvalue weighted by atomic mass is 16.5. The number of piperazine rings is 1. The molecule has 150 valence electrons. The fourth-order valence-electron chi connectivity index (χ4n) is 3.61. The highest BCUT2D eigenvalue weighted by molar-refractivity contribution is 5.92. The number of carbonyl (C=O) groups is 1. The lowest BCUT2D eigenvalue weighted by atomic mass is 10.2. The topological polar surface area (TPSA) is 84.6 Å². The summed E-state index contributed by atoms with van der Waals surface area (Å²) in [5, 5.41) is 0.933. The van der Waals surface area contributed by atoms with Crippen molar-refractivity contribution >= 4 is 22.5 Å². The third-order valence-electron chi connectivity index (χ3n) is 5.51. The highest BCUT2D eigenvalue weighted by Gasteiger charge is 2.25. The number of fused-ring (bicyclic) bond motifs is 1. The average molecular weight is 393 g/mol. The van der Waals surface area contributed by atoms with Gasteiger partial charge in [-0.25, -0.2) is 15.0 Å². The molecule has 3 aromatic rings. The number of hydrogen-bond donors (Lipinski definition) is 0. The molecular weight excluding hydrogens is 370 g/mol. The van der Waals surface area contributed by atoms with Gasteiger partial charge in [0.1, 0.15) is 12.6 Å². The number of hydrogen-bond acceptors (Lipinski definition) is 7. The number of rotatable bonds is 5. The molecule has 1 aliphatic heterocycles. The molecule has 0 unspecified atom stereocenters. The van der Waals surface area contributed by atoms with Crippen LogP contribution in [0.2, 0.25) is 0 Å². The van der Waals surface area contributed by atoms with E-state index in [1.165, 1.54) is 19.1 Å². The second-order valence-corrected chi connectivity index (χ2v) is 7.67. The van der Waals surface area contributed by atoms with E-state index in [9.17, 15) is 4.79 Å². The Hall–Kier alpha value is -3.16. The smallest absolute Gasteiger partial charge is 0.275 e. The molecular formula is C21H23N5O3. The summed E-state index contributed by atoms with van der Waals surface area (Å²) < 4.78 is 11.1. The average Bonchev–Trinajstić information content (AvgIpc) is 3.49. The van der Waals surface area contributed by atoms with Crippen molar-refractivity contribution in [2.75, 3.05) is 37.7 Å². The Labute approximate surface area is 168 Å². The van der Waals surface area contributed by atoms with Gasteiger partial charge in [-0.3, -0.25) is 4.79 Å². The summed E-state index contributed by atoms with van der Waals surface area (Å²) in [6.45, 7) is 5.23. The van der Waals surface area contributed by atoms with Gasteiger partial charge in [-0.2, -0.15) is 0 Å². The summed E-state index contributed by atoms with van der Waals surface area (Å²) in [7, 11) is 0. The Balaban J connectivity index is 1.29. The summed E-state index contributed by atoms with van der Waals surface area (Å²) in [5.74, 6) is 1.75. The van der Waals surface area contributed by atoms with Gasteiger partial charge in [0.25, 0.3) is 5.91 Å². The molecule has 1 aliphatic carbocycles. The van der Waals surface area contributed by atoms with E-state index < -0.39 is 0 Å². The summed E-state index contributed by atoms with van der Waals surface area (Å²) in [4.78, 5) is 29.5. The van der Waals surface area contributed by atoms with Crippen molar-refractivity contribution < 1.29 is 13.9 Å². The van der Waals surface area contributed by atoms with Crippen molar-refractivity contribution in [2.45, 2.75) is 19.8 Å². The number of ether oxygens (including phenoxy) is 1. The number of benzene rings is 1. The van der Waals surface area contributed by atoms with Crippen LogP contribution in [0.5, 0.6) is 5.88 Å². The van der Waals surface area contributed by atoms with Crippen LogP contribution in [0.4, 0.5) is 5.69 Å². The Morgan fingerprint density at radius 3 is 2.76 bits per heavy atom. The highest BCUT2D eigenvalue weighted by Crippen LogP contribution is 2.32. The van der Waals surface area contributed by atoms with Crippen LogP contribution in [0, 0.1) is 12.8 Å². The lowest BCUT2D eigenvalue weighted by molar-refractivity contribution is 0.0741. The molecule has 2 aliphatic rings. The molecule has 8 heteroatoms. The quantitative estimate of drug-likeness (QED) is 0.659. The fraction of sp³-hybridized carbons (Fsp3) is 0.429. The third-order valence-corrected chi connectivity index (χ3v) is 5.51. The Morgan fingerprint density at radius 1 is 1.21 bits per heavy atom. The Kier molecular flexibility index (Phi) is 4.54. The molecule has 8 nitrogen and oxygen atoms in total. The van der Waals surface area contributed by atoms with E-state index in [0.29, 0.717) is 36.5 Å². The molecule has 1 saturated carbocycles. The lowest BCUT2D eigenvalue weighted by Gasteiger charge is -2.35. The van der Waals surface area contributed by atoms with E-state index in [1.807, 2.05) is 11.0 Å². The first kappa shape index (κ1) is 17.9. The molecule has 0 radical (unpaired) electrons. The molecule has 0 bridgehead atoms. The van der Waals surface area contributed by atoms with Crippen LogP contribution in [0.15, 0.2) is 35.2 Å². The summed E-state index contributed by atoms with van der Waals surface area (Å²) in [6.07, 6.45) is 5.47. The number of nitrogens with zero attached hydrogens (tertiary/aromatic N) is 5. The Bertz CT molecular complexity index is 1040. The van der Waals surface area contributed by atoms with Gasteiger partial charge in [-0.15, -0.1) is 0 Å². The van der Waals surface area contributed by atoms with Crippen LogP contribution in [0.3, 0.4) is 0 Å². The minimum atomic E-state index is -0.0795. The molecule has 1 aromatic carbocycles. The second-order valence-electron chi connectivity index (χ2n) is 7.67. The normalized spacial score (nSPS) is 17.0. The maximum Gasteiger partial charge on any atom is 0.275 e. The summed E-state index contributed by atoms with van der Waals surface area (Å²) in [5.41, 5.74) is 2.34. The zero-order chi connectivity index (χ0) is 19.8. The minimum Gasteiger partial charge on any atom is -0.477 e. The van der Waals surface area contributed by atoms with Crippen LogP contribution >= 0.6 is 0 Å². The van der Waals surface area contributed by atoms with Gasteiger partial charge in [0.15, 0.2) is 11.6 Å². The maximum atomic E-state index is 12.6. The summed E-state index contributed by atoms with van der Waals surface area (Å²) in [6, 6.07) is 6.17. The minimum absolute atomic E-state index is 0.0795. The number of aryl methyl sites for hydroxylation is 1. The first-order valence-electron chi connectivity index (χ1n) is 10.0. The van der Waals surface area contributed by atoms with Crippen molar-refractivity contribution in [2.24, 2.45) is 5.92 Å². The number of aromatic nitrogens is 3. The van der Waals surface area contributed by atoms with Crippen molar-refractivity contribution in [3.63, 3.8) is 0 Å². The first-order chi connectivity index (χ1) is 14.2. The molecule has 3 heterocycles. The molecule has 0 spiro atoms. The molecule has 2 fully saturated rings. The third kappa shape index (κ3) is 3.74. The monoisotopic (exact) mass is 393 g/mol. The standard InChI is InChI=1S/C21H23N5O3/c1-14-24-19(12-28-14)21(27)26-8-6-25(7-9-26)16-4-5-18-17(10-16)20(23-13-22-18)29-11-15-2-3-15/h4-5,10,12-13,15H,2-3,6-9,11H2,1H3. The van der Waals surface area contributed by atoms with Crippen LogP contribution in [0.1, 0.15) is 29.2 Å². The second kappa shape index (κ2) is 7.35. The predicted octanol–water partition coefficient (Wildman–Crippen LogP) is 2.68. The molecule has 2 aromatic heterocycles. The van der Waals surface area contributed by atoms with Crippen molar-refractivity contribution in [3.05, 3.63) is 42.4 Å². The van der Waals surface area contributed by atoms with Gasteiger partial charge in [0.2, 0.25) is 5.88 Å². The van der Waals surface area contributed by atoms with E-state index in [0.717, 1.165) is 36.3 Å². The van der Waals surface area contributed by atoms with Gasteiger partial charge in [-0.1, -0.05) is 0 Å². The zero-order valence-corrected chi connectivity index (χ0v) is 16.4. The van der Waals surface area contributed by atoms with Crippen LogP contribution < -0.4 is 9.64 Å². The van der Waals surface area contributed by atoms with Gasteiger partial charge < -0.3 is 19.0 Å². The molecule has 1 amide bonds. The van der Waals surface area contributed by atoms with E-state index in [2.05, 4.69) is 32.0 Å². The molecule has 1 saturated heterocycles. The van der Waals surface area contributed by atoms with Crippen LogP contribution in [-0.4, -0.2) is 58.5 Å². The molecule has 0 atom stereocenters.